The van der Waals surface area contributed by atoms with Gasteiger partial charge in [0.1, 0.15) is 0 Å². The molecular formula is C13H28N2O2. The third-order valence-corrected chi connectivity index (χ3v) is 2.82. The number of carbonyl (C=O) groups is 1. The minimum atomic E-state index is 0.0310. The zero-order chi connectivity index (χ0) is 13.3. The van der Waals surface area contributed by atoms with Crippen molar-refractivity contribution in [3.63, 3.8) is 0 Å². The van der Waals surface area contributed by atoms with Crippen LogP contribution in [0.3, 0.4) is 0 Å². The fourth-order valence-corrected chi connectivity index (χ4v) is 2.06. The molecule has 1 unspecified atom stereocenters. The summed E-state index contributed by atoms with van der Waals surface area (Å²) < 4.78 is 0. The van der Waals surface area contributed by atoms with Crippen LogP contribution in [-0.4, -0.2) is 42.2 Å². The van der Waals surface area contributed by atoms with Gasteiger partial charge in [-0.3, -0.25) is 4.79 Å². The number of rotatable bonds is 9. The second-order valence-electron chi connectivity index (χ2n) is 5.04. The molecule has 0 aromatic rings. The van der Waals surface area contributed by atoms with Crippen LogP contribution in [0.1, 0.15) is 40.0 Å². The highest BCUT2D eigenvalue weighted by atomic mass is 16.3. The van der Waals surface area contributed by atoms with Gasteiger partial charge in [-0.25, -0.2) is 0 Å². The Morgan fingerprint density at radius 1 is 1.35 bits per heavy atom. The highest BCUT2D eigenvalue weighted by Crippen LogP contribution is 2.15. The Morgan fingerprint density at radius 3 is 2.41 bits per heavy atom. The zero-order valence-corrected chi connectivity index (χ0v) is 11.5. The molecule has 0 saturated carbocycles. The van der Waals surface area contributed by atoms with Crippen LogP contribution in [-0.2, 0) is 4.79 Å². The van der Waals surface area contributed by atoms with Crippen molar-refractivity contribution in [2.75, 3.05) is 26.2 Å². The van der Waals surface area contributed by atoms with Crippen LogP contribution in [0.15, 0.2) is 0 Å². The van der Waals surface area contributed by atoms with E-state index in [4.69, 9.17) is 10.8 Å². The summed E-state index contributed by atoms with van der Waals surface area (Å²) in [5.74, 6) is 0.950. The maximum Gasteiger partial charge on any atom is 0.222 e. The van der Waals surface area contributed by atoms with Crippen molar-refractivity contribution >= 4 is 5.91 Å². The second-order valence-corrected chi connectivity index (χ2v) is 5.04. The van der Waals surface area contributed by atoms with Crippen molar-refractivity contribution < 1.29 is 9.90 Å². The molecule has 3 N–H and O–H groups in total. The van der Waals surface area contributed by atoms with Crippen molar-refractivity contribution in [3.8, 4) is 0 Å². The number of nitrogens with zero attached hydrogens (tertiary/aromatic N) is 1. The van der Waals surface area contributed by atoms with Crippen molar-refractivity contribution in [1.82, 2.24) is 4.90 Å². The molecule has 0 aliphatic heterocycles. The van der Waals surface area contributed by atoms with Crippen LogP contribution in [0.25, 0.3) is 0 Å². The molecule has 0 fully saturated rings. The minimum absolute atomic E-state index is 0.0310. The Morgan fingerprint density at radius 2 is 2.00 bits per heavy atom. The van der Waals surface area contributed by atoms with Crippen LogP contribution < -0.4 is 5.73 Å². The van der Waals surface area contributed by atoms with Crippen molar-refractivity contribution in [1.29, 1.82) is 0 Å². The molecule has 0 radical (unpaired) electrons. The van der Waals surface area contributed by atoms with Gasteiger partial charge in [-0.1, -0.05) is 20.8 Å². The van der Waals surface area contributed by atoms with E-state index in [9.17, 15) is 4.79 Å². The maximum absolute atomic E-state index is 12.0. The largest absolute Gasteiger partial charge is 0.395 e. The van der Waals surface area contributed by atoms with E-state index in [1.165, 1.54) is 0 Å². The lowest BCUT2D eigenvalue weighted by Gasteiger charge is -2.24. The average molecular weight is 244 g/mol. The number of amides is 1. The molecule has 0 bridgehead atoms. The summed E-state index contributed by atoms with van der Waals surface area (Å²) in [6.07, 6.45) is 2.42. The van der Waals surface area contributed by atoms with Gasteiger partial charge >= 0.3 is 0 Å². The molecule has 0 rings (SSSR count). The number of aliphatic hydroxyl groups is 1. The summed E-state index contributed by atoms with van der Waals surface area (Å²) in [7, 11) is 0. The normalized spacial score (nSPS) is 12.8. The van der Waals surface area contributed by atoms with Gasteiger partial charge in [0, 0.05) is 19.5 Å². The molecule has 0 aromatic carbocycles. The summed E-state index contributed by atoms with van der Waals surface area (Å²) in [5.41, 5.74) is 5.70. The Hall–Kier alpha value is -0.610. The summed E-state index contributed by atoms with van der Waals surface area (Å²) in [5, 5.41) is 8.93. The molecular weight excluding hydrogens is 216 g/mol. The van der Waals surface area contributed by atoms with E-state index < -0.39 is 0 Å². The van der Waals surface area contributed by atoms with Gasteiger partial charge in [-0.2, -0.15) is 0 Å². The van der Waals surface area contributed by atoms with Crippen molar-refractivity contribution in [3.05, 3.63) is 0 Å². The molecule has 1 atom stereocenters. The van der Waals surface area contributed by atoms with Crippen molar-refractivity contribution in [2.24, 2.45) is 17.6 Å². The van der Waals surface area contributed by atoms with Gasteiger partial charge in [-0.15, -0.1) is 0 Å². The number of carbonyl (C=O) groups excluding carboxylic acids is 1. The van der Waals surface area contributed by atoms with E-state index in [0.717, 1.165) is 19.4 Å². The number of aliphatic hydroxyl groups excluding tert-OH is 1. The predicted molar refractivity (Wildman–Crippen MR) is 70.6 cm³/mol. The Labute approximate surface area is 105 Å². The Kier molecular flexibility index (Phi) is 9.09. The van der Waals surface area contributed by atoms with Crippen molar-refractivity contribution in [2.45, 2.75) is 40.0 Å². The highest BCUT2D eigenvalue weighted by molar-refractivity contribution is 5.76. The molecule has 0 spiro atoms. The zero-order valence-electron chi connectivity index (χ0n) is 11.5. The van der Waals surface area contributed by atoms with E-state index in [0.29, 0.717) is 25.4 Å². The number of hydrogen-bond donors (Lipinski definition) is 2. The van der Waals surface area contributed by atoms with Gasteiger partial charge < -0.3 is 15.7 Å². The smallest absolute Gasteiger partial charge is 0.222 e. The summed E-state index contributed by atoms with van der Waals surface area (Å²) in [6, 6.07) is 0. The second kappa shape index (κ2) is 9.42. The molecule has 0 aliphatic carbocycles. The first kappa shape index (κ1) is 16.4. The van der Waals surface area contributed by atoms with Gasteiger partial charge in [0.25, 0.3) is 0 Å². The third-order valence-electron chi connectivity index (χ3n) is 2.82. The number of nitrogens with two attached hydrogens (primary N) is 1. The van der Waals surface area contributed by atoms with Crippen LogP contribution in [0.5, 0.6) is 0 Å². The standard InChI is InChI=1S/C13H28N2O2/c1-4-5-15(6-7-16)13(17)9-12(10-14)8-11(2)3/h11-12,16H,4-10,14H2,1-3H3. The molecule has 4 heteroatoms. The van der Waals surface area contributed by atoms with Crippen LogP contribution in [0.4, 0.5) is 0 Å². The summed E-state index contributed by atoms with van der Waals surface area (Å²) in [4.78, 5) is 13.8. The Balaban J connectivity index is 4.24. The highest BCUT2D eigenvalue weighted by Gasteiger charge is 2.18. The van der Waals surface area contributed by atoms with E-state index >= 15 is 0 Å². The van der Waals surface area contributed by atoms with E-state index in [1.807, 2.05) is 6.92 Å². The molecule has 0 aliphatic rings. The molecule has 17 heavy (non-hydrogen) atoms. The SMILES string of the molecule is CCCN(CCO)C(=O)CC(CN)CC(C)C. The summed E-state index contributed by atoms with van der Waals surface area (Å²) >= 11 is 0. The van der Waals surface area contributed by atoms with Gasteiger partial charge in [0.2, 0.25) is 5.91 Å². The summed E-state index contributed by atoms with van der Waals surface area (Å²) in [6.45, 7) is 8.07. The van der Waals surface area contributed by atoms with Gasteiger partial charge in [0.15, 0.2) is 0 Å². The van der Waals surface area contributed by atoms with Gasteiger partial charge in [0.05, 0.1) is 6.61 Å². The molecule has 102 valence electrons. The lowest BCUT2D eigenvalue weighted by atomic mass is 9.94. The first-order chi connectivity index (χ1) is 8.04. The first-order valence-corrected chi connectivity index (χ1v) is 6.63. The fraction of sp³-hybridized carbons (Fsp3) is 0.923. The van der Waals surface area contributed by atoms with Gasteiger partial charge in [-0.05, 0) is 31.2 Å². The topological polar surface area (TPSA) is 66.6 Å². The lowest BCUT2D eigenvalue weighted by molar-refractivity contribution is -0.132. The first-order valence-electron chi connectivity index (χ1n) is 6.63. The molecule has 4 nitrogen and oxygen atoms in total. The van der Waals surface area contributed by atoms with E-state index in [2.05, 4.69) is 13.8 Å². The predicted octanol–water partition coefficient (Wildman–Crippen LogP) is 1.23. The maximum atomic E-state index is 12.0. The van der Waals surface area contributed by atoms with E-state index in [1.54, 1.807) is 4.90 Å². The quantitative estimate of drug-likeness (QED) is 0.641. The fourth-order valence-electron chi connectivity index (χ4n) is 2.06. The minimum Gasteiger partial charge on any atom is -0.395 e. The van der Waals surface area contributed by atoms with E-state index in [-0.39, 0.29) is 18.4 Å². The molecule has 0 saturated heterocycles. The average Bonchev–Trinajstić information content (AvgIpc) is 2.27. The van der Waals surface area contributed by atoms with Crippen LogP contribution in [0.2, 0.25) is 0 Å². The molecule has 1 amide bonds. The third kappa shape index (κ3) is 7.34. The van der Waals surface area contributed by atoms with Crippen LogP contribution in [0, 0.1) is 11.8 Å². The lowest BCUT2D eigenvalue weighted by Crippen LogP contribution is -2.36. The molecule has 0 heterocycles. The Bertz CT molecular complexity index is 202. The molecule has 0 aromatic heterocycles. The monoisotopic (exact) mass is 244 g/mol. The van der Waals surface area contributed by atoms with Crippen LogP contribution >= 0.6 is 0 Å². The number of hydrogen-bond acceptors (Lipinski definition) is 3.